The number of hydrogen-bond acceptors (Lipinski definition) is 4. The van der Waals surface area contributed by atoms with Gasteiger partial charge in [-0.2, -0.15) is 8.78 Å². The molecule has 1 aliphatic carbocycles. The molecule has 4 nitrogen and oxygen atoms in total. The SMILES string of the molecule is NC1CCC(Oc2ccc(S(=O)(=O)C(F)F)cc2)CC1. The van der Waals surface area contributed by atoms with Crippen molar-refractivity contribution in [1.82, 2.24) is 0 Å². The van der Waals surface area contributed by atoms with Crippen molar-refractivity contribution in [1.29, 1.82) is 0 Å². The summed E-state index contributed by atoms with van der Waals surface area (Å²) in [4.78, 5) is -0.398. The van der Waals surface area contributed by atoms with Crippen LogP contribution < -0.4 is 10.5 Å². The number of halogens is 2. The molecule has 0 atom stereocenters. The van der Waals surface area contributed by atoms with Crippen molar-refractivity contribution >= 4 is 9.84 Å². The van der Waals surface area contributed by atoms with Crippen LogP contribution >= 0.6 is 0 Å². The maximum Gasteiger partial charge on any atom is 0.341 e. The average Bonchev–Trinajstić information content (AvgIpc) is 2.42. The van der Waals surface area contributed by atoms with Crippen LogP contribution in [0.25, 0.3) is 0 Å². The smallest absolute Gasteiger partial charge is 0.341 e. The van der Waals surface area contributed by atoms with Gasteiger partial charge in [0, 0.05) is 6.04 Å². The van der Waals surface area contributed by atoms with Crippen molar-refractivity contribution < 1.29 is 21.9 Å². The Bertz CT molecular complexity index is 537. The Hall–Kier alpha value is -1.21. The summed E-state index contributed by atoms with van der Waals surface area (Å²) in [7, 11) is -4.54. The van der Waals surface area contributed by atoms with Crippen LogP contribution in [0.2, 0.25) is 0 Å². The summed E-state index contributed by atoms with van der Waals surface area (Å²) in [5.74, 6) is -2.92. The number of alkyl halides is 2. The topological polar surface area (TPSA) is 69.4 Å². The van der Waals surface area contributed by atoms with Crippen LogP contribution in [0.5, 0.6) is 5.75 Å². The van der Waals surface area contributed by atoms with Crippen molar-refractivity contribution in [3.05, 3.63) is 24.3 Å². The fourth-order valence-electron chi connectivity index (χ4n) is 2.21. The van der Waals surface area contributed by atoms with E-state index in [1.807, 2.05) is 0 Å². The van der Waals surface area contributed by atoms with Gasteiger partial charge in [0.1, 0.15) is 5.75 Å². The highest BCUT2D eigenvalue weighted by Crippen LogP contribution is 2.25. The highest BCUT2D eigenvalue weighted by Gasteiger charge is 2.26. The largest absolute Gasteiger partial charge is 0.490 e. The number of nitrogens with two attached hydrogens (primary N) is 1. The fraction of sp³-hybridized carbons (Fsp3) is 0.538. The highest BCUT2D eigenvalue weighted by molar-refractivity contribution is 7.91. The molecule has 0 radical (unpaired) electrons. The number of rotatable bonds is 4. The highest BCUT2D eigenvalue weighted by atomic mass is 32.2. The van der Waals surface area contributed by atoms with E-state index in [1.54, 1.807) is 0 Å². The quantitative estimate of drug-likeness (QED) is 0.927. The number of ether oxygens (including phenoxy) is 1. The number of sulfone groups is 1. The molecule has 0 spiro atoms. The van der Waals surface area contributed by atoms with Gasteiger partial charge < -0.3 is 10.5 Å². The first-order valence-corrected chi connectivity index (χ1v) is 7.98. The van der Waals surface area contributed by atoms with Crippen molar-refractivity contribution in [3.63, 3.8) is 0 Å². The van der Waals surface area contributed by atoms with E-state index >= 15 is 0 Å². The molecule has 1 fully saturated rings. The summed E-state index contributed by atoms with van der Waals surface area (Å²) in [6.07, 6.45) is 3.52. The minimum absolute atomic E-state index is 0.0485. The van der Waals surface area contributed by atoms with Gasteiger partial charge in [-0.3, -0.25) is 0 Å². The first-order valence-electron chi connectivity index (χ1n) is 6.44. The normalized spacial score (nSPS) is 23.8. The molecule has 20 heavy (non-hydrogen) atoms. The zero-order chi connectivity index (χ0) is 14.8. The van der Waals surface area contributed by atoms with Gasteiger partial charge >= 0.3 is 5.76 Å². The molecule has 1 saturated carbocycles. The lowest BCUT2D eigenvalue weighted by atomic mass is 9.94. The molecule has 7 heteroatoms. The minimum atomic E-state index is -4.54. The second-order valence-electron chi connectivity index (χ2n) is 4.93. The first kappa shape index (κ1) is 15.2. The molecule has 0 heterocycles. The van der Waals surface area contributed by atoms with Gasteiger partial charge in [0.25, 0.3) is 0 Å². The van der Waals surface area contributed by atoms with Crippen LogP contribution in [-0.2, 0) is 9.84 Å². The van der Waals surface area contributed by atoms with E-state index < -0.39 is 20.5 Å². The minimum Gasteiger partial charge on any atom is -0.490 e. The van der Waals surface area contributed by atoms with Crippen LogP contribution in [0.15, 0.2) is 29.2 Å². The summed E-state index contributed by atoms with van der Waals surface area (Å²) in [5, 5.41) is 0. The van der Waals surface area contributed by atoms with Gasteiger partial charge in [-0.25, -0.2) is 8.42 Å². The second-order valence-corrected chi connectivity index (χ2v) is 6.85. The Morgan fingerprint density at radius 2 is 1.65 bits per heavy atom. The molecule has 0 unspecified atom stereocenters. The van der Waals surface area contributed by atoms with Crippen LogP contribution in [0.4, 0.5) is 8.78 Å². The lowest BCUT2D eigenvalue weighted by Gasteiger charge is -2.26. The molecule has 112 valence electrons. The van der Waals surface area contributed by atoms with Gasteiger partial charge in [0.2, 0.25) is 9.84 Å². The van der Waals surface area contributed by atoms with Crippen LogP contribution in [-0.4, -0.2) is 26.3 Å². The summed E-state index contributed by atoms with van der Waals surface area (Å²) < 4.78 is 53.0. The van der Waals surface area contributed by atoms with Crippen LogP contribution in [0.1, 0.15) is 25.7 Å². The van der Waals surface area contributed by atoms with E-state index in [2.05, 4.69) is 0 Å². The third-order valence-electron chi connectivity index (χ3n) is 3.41. The lowest BCUT2D eigenvalue weighted by Crippen LogP contribution is -2.31. The lowest BCUT2D eigenvalue weighted by molar-refractivity contribution is 0.147. The fourth-order valence-corrected chi connectivity index (χ4v) is 2.93. The molecule has 0 aromatic heterocycles. The number of hydrogen-bond donors (Lipinski definition) is 1. The monoisotopic (exact) mass is 305 g/mol. The average molecular weight is 305 g/mol. The predicted molar refractivity (Wildman–Crippen MR) is 70.5 cm³/mol. The summed E-state index contributed by atoms with van der Waals surface area (Å²) >= 11 is 0. The van der Waals surface area contributed by atoms with E-state index in [9.17, 15) is 17.2 Å². The van der Waals surface area contributed by atoms with Crippen molar-refractivity contribution in [3.8, 4) is 5.75 Å². The molecule has 1 aromatic rings. The standard InChI is InChI=1S/C13H17F2NO3S/c14-13(15)20(17,18)12-7-5-11(6-8-12)19-10-3-1-9(16)2-4-10/h5-10,13H,1-4,16H2. The van der Waals surface area contributed by atoms with E-state index in [0.29, 0.717) is 5.75 Å². The maximum absolute atomic E-state index is 12.4. The van der Waals surface area contributed by atoms with E-state index in [-0.39, 0.29) is 12.1 Å². The first-order chi connectivity index (χ1) is 9.39. The molecule has 1 aromatic carbocycles. The third-order valence-corrected chi connectivity index (χ3v) is 4.81. The van der Waals surface area contributed by atoms with Gasteiger partial charge in [0.15, 0.2) is 0 Å². The molecule has 2 N–H and O–H groups in total. The van der Waals surface area contributed by atoms with E-state index in [1.165, 1.54) is 12.1 Å². The third kappa shape index (κ3) is 3.46. The molecule has 2 rings (SSSR count). The van der Waals surface area contributed by atoms with Gasteiger partial charge in [-0.1, -0.05) is 0 Å². The zero-order valence-electron chi connectivity index (χ0n) is 10.8. The molecule has 0 aliphatic heterocycles. The maximum atomic E-state index is 12.4. The molecule has 1 aliphatic rings. The van der Waals surface area contributed by atoms with Crippen molar-refractivity contribution in [2.75, 3.05) is 0 Å². The van der Waals surface area contributed by atoms with E-state index in [4.69, 9.17) is 10.5 Å². The zero-order valence-corrected chi connectivity index (χ0v) is 11.7. The Kier molecular flexibility index (Phi) is 4.59. The van der Waals surface area contributed by atoms with Crippen LogP contribution in [0, 0.1) is 0 Å². The Morgan fingerprint density at radius 3 is 2.15 bits per heavy atom. The molecular weight excluding hydrogens is 288 g/mol. The summed E-state index contributed by atoms with van der Waals surface area (Å²) in [6.45, 7) is 0. The molecule has 0 amide bonds. The number of benzene rings is 1. The predicted octanol–water partition coefficient (Wildman–Crippen LogP) is 2.33. The Balaban J connectivity index is 2.02. The van der Waals surface area contributed by atoms with Crippen molar-refractivity contribution in [2.45, 2.75) is 48.5 Å². The summed E-state index contributed by atoms with van der Waals surface area (Å²) in [5.41, 5.74) is 5.79. The van der Waals surface area contributed by atoms with Gasteiger partial charge in [0.05, 0.1) is 11.0 Å². The van der Waals surface area contributed by atoms with Gasteiger partial charge in [-0.15, -0.1) is 0 Å². The van der Waals surface area contributed by atoms with Crippen molar-refractivity contribution in [2.24, 2.45) is 5.73 Å². The Morgan fingerprint density at radius 1 is 1.10 bits per heavy atom. The molecular formula is C13H17F2NO3S. The van der Waals surface area contributed by atoms with Crippen LogP contribution in [0.3, 0.4) is 0 Å². The van der Waals surface area contributed by atoms with E-state index in [0.717, 1.165) is 37.8 Å². The van der Waals surface area contributed by atoms with Gasteiger partial charge in [-0.05, 0) is 49.9 Å². The second kappa shape index (κ2) is 6.05. The Labute approximate surface area is 116 Å². The molecule has 0 bridgehead atoms. The summed E-state index contributed by atoms with van der Waals surface area (Å²) in [6, 6.07) is 5.32. The molecule has 0 saturated heterocycles.